The Morgan fingerprint density at radius 1 is 1.75 bits per heavy atom. The Bertz CT molecular complexity index is 201. The van der Waals surface area contributed by atoms with Crippen LogP contribution in [0.1, 0.15) is 20.3 Å². The summed E-state index contributed by atoms with van der Waals surface area (Å²) in [5.41, 5.74) is 0. The lowest BCUT2D eigenvalue weighted by Crippen LogP contribution is -2.10. The van der Waals surface area contributed by atoms with Crippen molar-refractivity contribution in [2.75, 3.05) is 12.3 Å². The summed E-state index contributed by atoms with van der Waals surface area (Å²) in [5.74, 6) is 1.12. The van der Waals surface area contributed by atoms with E-state index in [2.05, 4.69) is 4.99 Å². The number of hydrogen-bond donors (Lipinski definition) is 0. The molecule has 0 saturated carbocycles. The van der Waals surface area contributed by atoms with Crippen molar-refractivity contribution in [2.45, 2.75) is 20.3 Å². The molecule has 1 heterocycles. The molecule has 1 aliphatic rings. The van der Waals surface area contributed by atoms with E-state index in [9.17, 15) is 4.79 Å². The van der Waals surface area contributed by atoms with Gasteiger partial charge >= 0.3 is 5.97 Å². The molecule has 0 N–H and O–H groups in total. The average Bonchev–Trinajstić information content (AvgIpc) is 2.37. The van der Waals surface area contributed by atoms with E-state index in [1.807, 2.05) is 13.8 Å². The summed E-state index contributed by atoms with van der Waals surface area (Å²) in [6.07, 6.45) is 0.472. The van der Waals surface area contributed by atoms with E-state index in [1.165, 1.54) is 11.8 Å². The SMILES string of the molecule is CC(C)CC(=O)OC1=NCCS1. The Balaban J connectivity index is 2.26. The summed E-state index contributed by atoms with van der Waals surface area (Å²) in [7, 11) is 0. The molecule has 0 atom stereocenters. The predicted molar refractivity (Wildman–Crippen MR) is 50.3 cm³/mol. The van der Waals surface area contributed by atoms with Crippen LogP contribution in [0.4, 0.5) is 0 Å². The second-order valence-corrected chi connectivity index (χ2v) is 4.11. The van der Waals surface area contributed by atoms with E-state index in [1.54, 1.807) is 0 Å². The topological polar surface area (TPSA) is 38.7 Å². The van der Waals surface area contributed by atoms with Crippen LogP contribution in [0, 0.1) is 5.92 Å². The van der Waals surface area contributed by atoms with Crippen molar-refractivity contribution >= 4 is 23.0 Å². The first-order chi connectivity index (χ1) is 5.68. The van der Waals surface area contributed by atoms with Crippen LogP contribution in [0.3, 0.4) is 0 Å². The minimum absolute atomic E-state index is 0.168. The number of ether oxygens (including phenoxy) is 1. The molecule has 0 spiro atoms. The van der Waals surface area contributed by atoms with Gasteiger partial charge < -0.3 is 4.74 Å². The molecule has 0 aromatic heterocycles. The number of esters is 1. The molecule has 0 radical (unpaired) electrons. The summed E-state index contributed by atoms with van der Waals surface area (Å²) in [4.78, 5) is 15.1. The van der Waals surface area contributed by atoms with Crippen LogP contribution in [-0.4, -0.2) is 23.5 Å². The van der Waals surface area contributed by atoms with Crippen LogP contribution in [-0.2, 0) is 9.53 Å². The first-order valence-electron chi connectivity index (χ1n) is 4.06. The van der Waals surface area contributed by atoms with Gasteiger partial charge in [0.1, 0.15) is 0 Å². The maximum atomic E-state index is 11.1. The zero-order chi connectivity index (χ0) is 8.97. The van der Waals surface area contributed by atoms with Crippen LogP contribution in [0.25, 0.3) is 0 Å². The fraction of sp³-hybridized carbons (Fsp3) is 0.750. The molecule has 4 heteroatoms. The lowest BCUT2D eigenvalue weighted by atomic mass is 10.1. The van der Waals surface area contributed by atoms with E-state index < -0.39 is 0 Å². The van der Waals surface area contributed by atoms with Crippen molar-refractivity contribution in [3.63, 3.8) is 0 Å². The van der Waals surface area contributed by atoms with Gasteiger partial charge in [-0.25, -0.2) is 4.99 Å². The van der Waals surface area contributed by atoms with Crippen LogP contribution in [0.5, 0.6) is 0 Å². The highest BCUT2D eigenvalue weighted by atomic mass is 32.2. The Morgan fingerprint density at radius 2 is 2.50 bits per heavy atom. The van der Waals surface area contributed by atoms with Gasteiger partial charge in [0.15, 0.2) is 0 Å². The zero-order valence-electron chi connectivity index (χ0n) is 7.37. The van der Waals surface area contributed by atoms with Gasteiger partial charge in [-0.3, -0.25) is 4.79 Å². The van der Waals surface area contributed by atoms with Crippen LogP contribution in [0.15, 0.2) is 4.99 Å². The van der Waals surface area contributed by atoms with Crippen LogP contribution in [0.2, 0.25) is 0 Å². The average molecular weight is 187 g/mol. The minimum Gasteiger partial charge on any atom is -0.401 e. The third kappa shape index (κ3) is 3.26. The number of nitrogens with zero attached hydrogens (tertiary/aromatic N) is 1. The highest BCUT2D eigenvalue weighted by Crippen LogP contribution is 2.14. The first kappa shape index (κ1) is 9.58. The zero-order valence-corrected chi connectivity index (χ0v) is 8.19. The molecule has 68 valence electrons. The lowest BCUT2D eigenvalue weighted by molar-refractivity contribution is -0.136. The Kier molecular flexibility index (Phi) is 3.59. The first-order valence-corrected chi connectivity index (χ1v) is 5.05. The number of hydrogen-bond acceptors (Lipinski definition) is 4. The highest BCUT2D eigenvalue weighted by Gasteiger charge is 2.13. The molecule has 12 heavy (non-hydrogen) atoms. The molecule has 0 fully saturated rings. The van der Waals surface area contributed by atoms with Gasteiger partial charge in [-0.05, 0) is 5.92 Å². The molecule has 0 amide bonds. The second kappa shape index (κ2) is 4.50. The third-order valence-corrected chi connectivity index (χ3v) is 2.18. The van der Waals surface area contributed by atoms with Crippen LogP contribution >= 0.6 is 11.8 Å². The fourth-order valence-corrected chi connectivity index (χ4v) is 1.54. The summed E-state index contributed by atoms with van der Waals surface area (Å²) in [6, 6.07) is 0. The largest absolute Gasteiger partial charge is 0.401 e. The Hall–Kier alpha value is -0.510. The van der Waals surface area contributed by atoms with Gasteiger partial charge in [-0.2, -0.15) is 0 Å². The maximum absolute atomic E-state index is 11.1. The smallest absolute Gasteiger partial charge is 0.313 e. The normalized spacial score (nSPS) is 16.4. The fourth-order valence-electron chi connectivity index (χ4n) is 0.850. The summed E-state index contributed by atoms with van der Waals surface area (Å²) < 4.78 is 5.00. The highest BCUT2D eigenvalue weighted by molar-refractivity contribution is 8.13. The summed E-state index contributed by atoms with van der Waals surface area (Å²) in [6.45, 7) is 4.75. The summed E-state index contributed by atoms with van der Waals surface area (Å²) >= 11 is 1.50. The molecule has 0 bridgehead atoms. The van der Waals surface area contributed by atoms with Gasteiger partial charge in [0.25, 0.3) is 5.23 Å². The van der Waals surface area contributed by atoms with Crippen molar-refractivity contribution < 1.29 is 9.53 Å². The number of carbonyl (C=O) groups is 1. The monoisotopic (exact) mass is 187 g/mol. The van der Waals surface area contributed by atoms with Crippen molar-refractivity contribution in [1.82, 2.24) is 0 Å². The van der Waals surface area contributed by atoms with Crippen molar-refractivity contribution in [3.05, 3.63) is 0 Å². The standard InChI is InChI=1S/C8H13NO2S/c1-6(2)5-7(10)11-8-9-3-4-12-8/h6H,3-5H2,1-2H3. The van der Waals surface area contributed by atoms with Crippen LogP contribution < -0.4 is 0 Å². The molecule has 3 nitrogen and oxygen atoms in total. The molecule has 0 unspecified atom stereocenters. The number of rotatable bonds is 2. The molecule has 0 aliphatic carbocycles. The van der Waals surface area contributed by atoms with Gasteiger partial charge in [0.05, 0.1) is 6.54 Å². The van der Waals surface area contributed by atoms with Crippen molar-refractivity contribution in [2.24, 2.45) is 10.9 Å². The van der Waals surface area contributed by atoms with E-state index in [-0.39, 0.29) is 5.97 Å². The van der Waals surface area contributed by atoms with E-state index in [0.717, 1.165) is 12.3 Å². The van der Waals surface area contributed by atoms with Gasteiger partial charge in [0, 0.05) is 12.2 Å². The van der Waals surface area contributed by atoms with Gasteiger partial charge in [0.2, 0.25) is 0 Å². The second-order valence-electron chi connectivity index (χ2n) is 3.07. The molecule has 0 saturated heterocycles. The van der Waals surface area contributed by atoms with E-state index in [4.69, 9.17) is 4.74 Å². The van der Waals surface area contributed by atoms with Crippen molar-refractivity contribution in [3.8, 4) is 0 Å². The predicted octanol–water partition coefficient (Wildman–Crippen LogP) is 1.68. The number of aliphatic imine (C=N–C) groups is 1. The van der Waals surface area contributed by atoms with E-state index in [0.29, 0.717) is 17.6 Å². The molecular weight excluding hydrogens is 174 g/mol. The van der Waals surface area contributed by atoms with Gasteiger partial charge in [-0.15, -0.1) is 0 Å². The Labute approximate surface area is 76.6 Å². The molecule has 1 aliphatic heterocycles. The molecule has 1 rings (SSSR count). The quantitative estimate of drug-likeness (QED) is 0.617. The summed E-state index contributed by atoms with van der Waals surface area (Å²) in [5, 5.41) is 0.542. The molecule has 0 aromatic carbocycles. The Morgan fingerprint density at radius 3 is 3.00 bits per heavy atom. The number of thioether (sulfide) groups is 1. The maximum Gasteiger partial charge on any atom is 0.313 e. The third-order valence-electron chi connectivity index (χ3n) is 1.33. The molecule has 0 aromatic rings. The number of carbonyl (C=O) groups excluding carboxylic acids is 1. The van der Waals surface area contributed by atoms with Crippen molar-refractivity contribution in [1.29, 1.82) is 0 Å². The molecular formula is C8H13NO2S. The van der Waals surface area contributed by atoms with Gasteiger partial charge in [-0.1, -0.05) is 25.6 Å². The lowest BCUT2D eigenvalue weighted by Gasteiger charge is -2.03. The van der Waals surface area contributed by atoms with E-state index >= 15 is 0 Å². The minimum atomic E-state index is -0.168.